The fourth-order valence-electron chi connectivity index (χ4n) is 2.66. The van der Waals surface area contributed by atoms with Crippen molar-refractivity contribution in [2.75, 3.05) is 13.7 Å². The number of hydrogen-bond acceptors (Lipinski definition) is 3. The van der Waals surface area contributed by atoms with E-state index in [1.807, 2.05) is 18.2 Å². The van der Waals surface area contributed by atoms with Crippen molar-refractivity contribution in [1.82, 2.24) is 0 Å². The van der Waals surface area contributed by atoms with Gasteiger partial charge in [-0.25, -0.2) is 0 Å². The molecule has 1 fully saturated rings. The average Bonchev–Trinajstić information content (AvgIpc) is 2.40. The summed E-state index contributed by atoms with van der Waals surface area (Å²) in [7, 11) is 1.67. The number of rotatable bonds is 5. The number of hydrogen-bond donors (Lipinski definition) is 1. The summed E-state index contributed by atoms with van der Waals surface area (Å²) in [5.41, 5.74) is 1.18. The molecule has 0 aromatic heterocycles. The summed E-state index contributed by atoms with van der Waals surface area (Å²) in [6, 6.07) is 10.1. The number of methoxy groups -OCH3 is 1. The highest BCUT2D eigenvalue weighted by molar-refractivity contribution is 5.13. The molecule has 3 atom stereocenters. The fourth-order valence-corrected chi connectivity index (χ4v) is 2.66. The summed E-state index contributed by atoms with van der Waals surface area (Å²) >= 11 is 0. The Morgan fingerprint density at radius 3 is 2.72 bits per heavy atom. The molecular formula is C15H22O3. The van der Waals surface area contributed by atoms with E-state index >= 15 is 0 Å². The Morgan fingerprint density at radius 2 is 2.00 bits per heavy atom. The zero-order chi connectivity index (χ0) is 12.8. The first-order chi connectivity index (χ1) is 8.81. The van der Waals surface area contributed by atoms with Gasteiger partial charge in [0.25, 0.3) is 0 Å². The van der Waals surface area contributed by atoms with Crippen LogP contribution in [0.1, 0.15) is 24.8 Å². The molecule has 100 valence electrons. The van der Waals surface area contributed by atoms with Crippen LogP contribution < -0.4 is 0 Å². The molecule has 1 aromatic carbocycles. The lowest BCUT2D eigenvalue weighted by Gasteiger charge is -2.34. The minimum atomic E-state index is -0.339. The van der Waals surface area contributed by atoms with E-state index in [-0.39, 0.29) is 12.2 Å². The van der Waals surface area contributed by atoms with Gasteiger partial charge in [-0.2, -0.15) is 0 Å². The van der Waals surface area contributed by atoms with Gasteiger partial charge in [-0.1, -0.05) is 36.8 Å². The minimum absolute atomic E-state index is 0.0745. The molecule has 0 bridgehead atoms. The van der Waals surface area contributed by atoms with Crippen molar-refractivity contribution >= 4 is 0 Å². The molecule has 0 aliphatic heterocycles. The first-order valence-corrected chi connectivity index (χ1v) is 6.64. The van der Waals surface area contributed by atoms with E-state index in [1.165, 1.54) is 5.56 Å². The van der Waals surface area contributed by atoms with E-state index in [4.69, 9.17) is 9.47 Å². The average molecular weight is 250 g/mol. The lowest BCUT2D eigenvalue weighted by Crippen LogP contribution is -2.41. The molecule has 1 aromatic rings. The fraction of sp³-hybridized carbons (Fsp3) is 0.600. The Bertz CT molecular complexity index is 339. The van der Waals surface area contributed by atoms with Crippen molar-refractivity contribution in [2.24, 2.45) is 5.92 Å². The number of aliphatic hydroxyl groups excluding tert-OH is 1. The molecular weight excluding hydrogens is 228 g/mol. The quantitative estimate of drug-likeness (QED) is 0.872. The highest BCUT2D eigenvalue weighted by Gasteiger charge is 2.32. The second-order valence-corrected chi connectivity index (χ2v) is 4.96. The third-order valence-electron chi connectivity index (χ3n) is 3.63. The molecule has 2 rings (SSSR count). The van der Waals surface area contributed by atoms with Gasteiger partial charge in [0.2, 0.25) is 0 Å². The van der Waals surface area contributed by atoms with Gasteiger partial charge in [0.15, 0.2) is 0 Å². The second-order valence-electron chi connectivity index (χ2n) is 4.96. The molecule has 3 heteroatoms. The van der Waals surface area contributed by atoms with Crippen molar-refractivity contribution in [3.8, 4) is 0 Å². The largest absolute Gasteiger partial charge is 0.390 e. The van der Waals surface area contributed by atoms with Gasteiger partial charge in [0.1, 0.15) is 0 Å². The zero-order valence-corrected chi connectivity index (χ0v) is 10.9. The van der Waals surface area contributed by atoms with Gasteiger partial charge in [0.05, 0.1) is 25.4 Å². The summed E-state index contributed by atoms with van der Waals surface area (Å²) in [5, 5.41) is 9.88. The number of benzene rings is 1. The molecule has 1 saturated carbocycles. The smallest absolute Gasteiger partial charge is 0.0880 e. The summed E-state index contributed by atoms with van der Waals surface area (Å²) in [6.07, 6.45) is 2.56. The molecule has 1 N–H and O–H groups in total. The number of aliphatic hydroxyl groups is 1. The SMILES string of the molecule is CO[C@@H]1[C@@H](COCc2ccccc2)CCC[C@H]1O. The van der Waals surface area contributed by atoms with Crippen molar-refractivity contribution in [3.05, 3.63) is 35.9 Å². The molecule has 18 heavy (non-hydrogen) atoms. The van der Waals surface area contributed by atoms with Crippen LogP contribution in [0.4, 0.5) is 0 Å². The lowest BCUT2D eigenvalue weighted by molar-refractivity contribution is -0.0911. The normalized spacial score (nSPS) is 28.2. The summed E-state index contributed by atoms with van der Waals surface area (Å²) in [6.45, 7) is 1.29. The van der Waals surface area contributed by atoms with Gasteiger partial charge in [-0.15, -0.1) is 0 Å². The molecule has 1 aliphatic carbocycles. The van der Waals surface area contributed by atoms with E-state index in [9.17, 15) is 5.11 Å². The highest BCUT2D eigenvalue weighted by atomic mass is 16.5. The molecule has 1 aliphatic rings. The maximum absolute atomic E-state index is 9.88. The van der Waals surface area contributed by atoms with Gasteiger partial charge in [-0.05, 0) is 18.4 Å². The number of ether oxygens (including phenoxy) is 2. The van der Waals surface area contributed by atoms with Crippen molar-refractivity contribution < 1.29 is 14.6 Å². The third kappa shape index (κ3) is 3.55. The zero-order valence-electron chi connectivity index (χ0n) is 10.9. The van der Waals surface area contributed by atoms with Gasteiger partial charge < -0.3 is 14.6 Å². The van der Waals surface area contributed by atoms with Crippen LogP contribution >= 0.6 is 0 Å². The Kier molecular flexibility index (Phi) is 5.17. The minimum Gasteiger partial charge on any atom is -0.390 e. The van der Waals surface area contributed by atoms with Crippen LogP contribution in [0.3, 0.4) is 0 Å². The van der Waals surface area contributed by atoms with Crippen LogP contribution in [0, 0.1) is 5.92 Å². The molecule has 0 radical (unpaired) electrons. The van der Waals surface area contributed by atoms with Crippen LogP contribution in [0.25, 0.3) is 0 Å². The molecule has 0 unspecified atom stereocenters. The van der Waals surface area contributed by atoms with E-state index in [1.54, 1.807) is 7.11 Å². The van der Waals surface area contributed by atoms with E-state index < -0.39 is 0 Å². The predicted octanol–water partition coefficient (Wildman–Crippen LogP) is 2.38. The monoisotopic (exact) mass is 250 g/mol. The summed E-state index contributed by atoms with van der Waals surface area (Å²) in [4.78, 5) is 0. The van der Waals surface area contributed by atoms with Crippen LogP contribution in [0.15, 0.2) is 30.3 Å². The summed E-state index contributed by atoms with van der Waals surface area (Å²) in [5.74, 6) is 0.308. The van der Waals surface area contributed by atoms with Crippen molar-refractivity contribution in [2.45, 2.75) is 38.1 Å². The van der Waals surface area contributed by atoms with Crippen LogP contribution in [-0.4, -0.2) is 31.0 Å². The van der Waals surface area contributed by atoms with Gasteiger partial charge in [0, 0.05) is 13.0 Å². The van der Waals surface area contributed by atoms with Crippen LogP contribution in [-0.2, 0) is 16.1 Å². The lowest BCUT2D eigenvalue weighted by atomic mass is 9.85. The van der Waals surface area contributed by atoms with Gasteiger partial charge in [-0.3, -0.25) is 0 Å². The van der Waals surface area contributed by atoms with Crippen LogP contribution in [0.2, 0.25) is 0 Å². The topological polar surface area (TPSA) is 38.7 Å². The maximum atomic E-state index is 9.88. The first-order valence-electron chi connectivity index (χ1n) is 6.64. The first kappa shape index (κ1) is 13.5. The Morgan fingerprint density at radius 1 is 1.22 bits per heavy atom. The van der Waals surface area contributed by atoms with Gasteiger partial charge >= 0.3 is 0 Å². The molecule has 0 amide bonds. The molecule has 3 nitrogen and oxygen atoms in total. The van der Waals surface area contributed by atoms with Crippen LogP contribution in [0.5, 0.6) is 0 Å². The second kappa shape index (κ2) is 6.88. The Balaban J connectivity index is 1.78. The standard InChI is InChI=1S/C15H22O3/c1-17-15-13(8-5-9-14(15)16)11-18-10-12-6-3-2-4-7-12/h2-4,6-7,13-16H,5,8-11H2,1H3/t13-,14-,15-/m1/s1. The Labute approximate surface area is 109 Å². The molecule has 0 spiro atoms. The molecule has 0 heterocycles. The maximum Gasteiger partial charge on any atom is 0.0880 e. The van der Waals surface area contributed by atoms with E-state index in [2.05, 4.69) is 12.1 Å². The summed E-state index contributed by atoms with van der Waals surface area (Å²) < 4.78 is 11.1. The molecule has 0 saturated heterocycles. The van der Waals surface area contributed by atoms with Crippen molar-refractivity contribution in [1.29, 1.82) is 0 Å². The van der Waals surface area contributed by atoms with E-state index in [0.29, 0.717) is 19.1 Å². The Hall–Kier alpha value is -0.900. The third-order valence-corrected chi connectivity index (χ3v) is 3.63. The highest BCUT2D eigenvalue weighted by Crippen LogP contribution is 2.27. The predicted molar refractivity (Wildman–Crippen MR) is 70.2 cm³/mol. The van der Waals surface area contributed by atoms with Crippen molar-refractivity contribution in [3.63, 3.8) is 0 Å². The van der Waals surface area contributed by atoms with E-state index in [0.717, 1.165) is 19.3 Å².